The van der Waals surface area contributed by atoms with Crippen LogP contribution in [0.1, 0.15) is 23.3 Å². The highest BCUT2D eigenvalue weighted by atomic mass is 16.2. The van der Waals surface area contributed by atoms with Crippen LogP contribution in [0.2, 0.25) is 0 Å². The van der Waals surface area contributed by atoms with Crippen LogP contribution in [0.4, 0.5) is 5.69 Å². The minimum atomic E-state index is -0.100. The van der Waals surface area contributed by atoms with Crippen LogP contribution in [0.15, 0.2) is 6.20 Å². The van der Waals surface area contributed by atoms with Crippen molar-refractivity contribution in [1.29, 1.82) is 0 Å². The molecule has 0 radical (unpaired) electrons. The minimum Gasteiger partial charge on any atom is -0.396 e. The van der Waals surface area contributed by atoms with E-state index in [4.69, 9.17) is 5.73 Å². The lowest BCUT2D eigenvalue weighted by Crippen LogP contribution is -2.53. The molecule has 1 atom stereocenters. The van der Waals surface area contributed by atoms with Crippen LogP contribution < -0.4 is 5.73 Å². The summed E-state index contributed by atoms with van der Waals surface area (Å²) in [7, 11) is 1.71. The summed E-state index contributed by atoms with van der Waals surface area (Å²) in [5.41, 5.74) is 6.61. The number of nitrogens with two attached hydrogens (primary N) is 1. The van der Waals surface area contributed by atoms with Gasteiger partial charge in [-0.05, 0) is 6.42 Å². The second-order valence-corrected chi connectivity index (χ2v) is 5.10. The zero-order valence-corrected chi connectivity index (χ0v) is 10.9. The van der Waals surface area contributed by atoms with Gasteiger partial charge in [0.25, 0.3) is 5.91 Å². The van der Waals surface area contributed by atoms with E-state index in [1.54, 1.807) is 11.9 Å². The number of amides is 2. The van der Waals surface area contributed by atoms with Crippen LogP contribution in [0, 0.1) is 0 Å². The van der Waals surface area contributed by atoms with Gasteiger partial charge in [-0.1, -0.05) is 0 Å². The molecule has 0 aliphatic carbocycles. The van der Waals surface area contributed by atoms with Crippen LogP contribution in [-0.4, -0.2) is 57.1 Å². The average molecular weight is 263 g/mol. The lowest BCUT2D eigenvalue weighted by molar-refractivity contribution is -0.130. The van der Waals surface area contributed by atoms with E-state index in [1.165, 1.54) is 10.9 Å². The smallest absolute Gasteiger partial charge is 0.274 e. The molecule has 0 spiro atoms. The molecule has 3 rings (SSSR count). The van der Waals surface area contributed by atoms with E-state index >= 15 is 0 Å². The third kappa shape index (κ3) is 1.85. The van der Waals surface area contributed by atoms with E-state index in [9.17, 15) is 9.59 Å². The molecule has 2 aliphatic rings. The highest BCUT2D eigenvalue weighted by Gasteiger charge is 2.37. The predicted molar refractivity (Wildman–Crippen MR) is 68.3 cm³/mol. The number of nitrogens with zero attached hydrogens (tertiary/aromatic N) is 4. The molecule has 19 heavy (non-hydrogen) atoms. The van der Waals surface area contributed by atoms with E-state index in [1.807, 2.05) is 4.90 Å². The Hall–Kier alpha value is -2.05. The van der Waals surface area contributed by atoms with Crippen molar-refractivity contribution in [2.75, 3.05) is 25.4 Å². The molecule has 1 aromatic rings. The summed E-state index contributed by atoms with van der Waals surface area (Å²) in [6.45, 7) is 1.77. The first kappa shape index (κ1) is 12.0. The Bertz CT molecular complexity index is 519. The van der Waals surface area contributed by atoms with Gasteiger partial charge in [0.15, 0.2) is 0 Å². The van der Waals surface area contributed by atoms with Gasteiger partial charge in [0, 0.05) is 39.1 Å². The Labute approximate surface area is 110 Å². The maximum Gasteiger partial charge on any atom is 0.274 e. The topological polar surface area (TPSA) is 84.5 Å². The molecular formula is C12H17N5O2. The van der Waals surface area contributed by atoms with Crippen LogP contribution in [0.25, 0.3) is 0 Å². The van der Waals surface area contributed by atoms with Gasteiger partial charge in [0.2, 0.25) is 5.91 Å². The number of anilines is 1. The van der Waals surface area contributed by atoms with Crippen molar-refractivity contribution in [3.05, 3.63) is 11.9 Å². The highest BCUT2D eigenvalue weighted by molar-refractivity contribution is 5.97. The van der Waals surface area contributed by atoms with Gasteiger partial charge >= 0.3 is 0 Å². The Morgan fingerprint density at radius 1 is 1.47 bits per heavy atom. The SMILES string of the molecule is Cn1ncc(N)c1C(=O)N1CCN2C(=O)CCC2C1. The van der Waals surface area contributed by atoms with Gasteiger partial charge in [-0.15, -0.1) is 0 Å². The molecule has 2 saturated heterocycles. The summed E-state index contributed by atoms with van der Waals surface area (Å²) in [6, 6.07) is 0.166. The van der Waals surface area contributed by atoms with Crippen molar-refractivity contribution < 1.29 is 9.59 Å². The first-order valence-electron chi connectivity index (χ1n) is 6.44. The van der Waals surface area contributed by atoms with Gasteiger partial charge in [-0.2, -0.15) is 5.10 Å². The van der Waals surface area contributed by atoms with Crippen molar-refractivity contribution in [1.82, 2.24) is 19.6 Å². The Morgan fingerprint density at radius 2 is 2.26 bits per heavy atom. The number of nitrogen functional groups attached to an aromatic ring is 1. The Kier molecular flexibility index (Phi) is 2.69. The normalized spacial score (nSPS) is 22.8. The molecule has 7 heteroatoms. The maximum absolute atomic E-state index is 12.5. The molecule has 3 heterocycles. The molecule has 1 aromatic heterocycles. The summed E-state index contributed by atoms with van der Waals surface area (Å²) >= 11 is 0. The number of rotatable bonds is 1. The minimum absolute atomic E-state index is 0.100. The van der Waals surface area contributed by atoms with E-state index in [0.29, 0.717) is 37.4 Å². The number of fused-ring (bicyclic) bond motifs is 1. The lowest BCUT2D eigenvalue weighted by atomic mass is 10.1. The zero-order chi connectivity index (χ0) is 13.6. The number of carbonyl (C=O) groups is 2. The highest BCUT2D eigenvalue weighted by Crippen LogP contribution is 2.24. The average Bonchev–Trinajstić information content (AvgIpc) is 2.93. The lowest BCUT2D eigenvalue weighted by Gasteiger charge is -2.37. The molecule has 1 unspecified atom stereocenters. The standard InChI is InChI=1S/C12H17N5O2/c1-15-11(9(13)6-14-15)12(19)16-4-5-17-8(7-16)2-3-10(17)18/h6,8H,2-5,7,13H2,1H3. The fourth-order valence-corrected chi connectivity index (χ4v) is 2.92. The summed E-state index contributed by atoms with van der Waals surface area (Å²) in [5, 5.41) is 3.99. The van der Waals surface area contributed by atoms with Crippen molar-refractivity contribution in [3.63, 3.8) is 0 Å². The molecule has 0 bridgehead atoms. The van der Waals surface area contributed by atoms with Crippen molar-refractivity contribution >= 4 is 17.5 Å². The van der Waals surface area contributed by atoms with E-state index in [-0.39, 0.29) is 17.9 Å². The summed E-state index contributed by atoms with van der Waals surface area (Å²) < 4.78 is 1.50. The molecule has 7 nitrogen and oxygen atoms in total. The molecule has 0 aromatic carbocycles. The molecule has 2 aliphatic heterocycles. The van der Waals surface area contributed by atoms with E-state index in [0.717, 1.165) is 6.42 Å². The van der Waals surface area contributed by atoms with Gasteiger partial charge in [0.05, 0.1) is 11.9 Å². The predicted octanol–water partition coefficient (Wildman–Crippen LogP) is -0.551. The first-order valence-corrected chi connectivity index (χ1v) is 6.44. The molecular weight excluding hydrogens is 246 g/mol. The van der Waals surface area contributed by atoms with E-state index in [2.05, 4.69) is 5.10 Å². The molecule has 2 amide bonds. The molecule has 2 fully saturated rings. The van der Waals surface area contributed by atoms with Gasteiger partial charge < -0.3 is 15.5 Å². The fraction of sp³-hybridized carbons (Fsp3) is 0.583. The number of hydrogen-bond acceptors (Lipinski definition) is 4. The quantitative estimate of drug-likeness (QED) is 0.736. The van der Waals surface area contributed by atoms with Crippen LogP contribution in [-0.2, 0) is 11.8 Å². The van der Waals surface area contributed by atoms with Gasteiger partial charge in [0.1, 0.15) is 5.69 Å². The Balaban J connectivity index is 1.78. The maximum atomic E-state index is 12.5. The Morgan fingerprint density at radius 3 is 2.95 bits per heavy atom. The van der Waals surface area contributed by atoms with Crippen molar-refractivity contribution in [2.45, 2.75) is 18.9 Å². The monoisotopic (exact) mass is 263 g/mol. The van der Waals surface area contributed by atoms with Gasteiger partial charge in [-0.25, -0.2) is 0 Å². The molecule has 2 N–H and O–H groups in total. The number of hydrogen-bond donors (Lipinski definition) is 1. The molecule has 0 saturated carbocycles. The third-order valence-electron chi connectivity index (χ3n) is 3.95. The van der Waals surface area contributed by atoms with Gasteiger partial charge in [-0.3, -0.25) is 14.3 Å². The molecule has 102 valence electrons. The second kappa shape index (κ2) is 4.25. The third-order valence-corrected chi connectivity index (χ3v) is 3.95. The number of aromatic nitrogens is 2. The largest absolute Gasteiger partial charge is 0.396 e. The first-order chi connectivity index (χ1) is 9.08. The number of piperazine rings is 1. The number of aryl methyl sites for hydroxylation is 1. The summed E-state index contributed by atoms with van der Waals surface area (Å²) in [5.74, 6) is 0.105. The van der Waals surface area contributed by atoms with Crippen molar-refractivity contribution in [3.8, 4) is 0 Å². The summed E-state index contributed by atoms with van der Waals surface area (Å²) in [4.78, 5) is 27.7. The van der Waals surface area contributed by atoms with Crippen LogP contribution in [0.3, 0.4) is 0 Å². The zero-order valence-electron chi connectivity index (χ0n) is 10.9. The van der Waals surface area contributed by atoms with Crippen LogP contribution in [0.5, 0.6) is 0 Å². The number of carbonyl (C=O) groups excluding carboxylic acids is 2. The summed E-state index contributed by atoms with van der Waals surface area (Å²) in [6.07, 6.45) is 2.92. The van der Waals surface area contributed by atoms with Crippen LogP contribution >= 0.6 is 0 Å². The van der Waals surface area contributed by atoms with Crippen molar-refractivity contribution in [2.24, 2.45) is 7.05 Å². The van der Waals surface area contributed by atoms with E-state index < -0.39 is 0 Å². The fourth-order valence-electron chi connectivity index (χ4n) is 2.92. The second-order valence-electron chi connectivity index (χ2n) is 5.10.